The Morgan fingerprint density at radius 2 is 1.75 bits per heavy atom. The number of nitrogens with zero attached hydrogens (tertiary/aromatic N) is 2. The van der Waals surface area contributed by atoms with Crippen LogP contribution in [0, 0.1) is 5.92 Å². The smallest absolute Gasteiger partial charge is 0.315 e. The molecule has 2 aliphatic heterocycles. The quantitative estimate of drug-likeness (QED) is 0.801. The Morgan fingerprint density at radius 1 is 1.00 bits per heavy atom. The van der Waals surface area contributed by atoms with E-state index in [0.29, 0.717) is 17.9 Å². The standard InChI is InChI=1S/C18H32N4O2/c1-2-21-10-4-3-5-16(21)13-19-18(24)20-15-8-11-22(12-9-15)17(23)14-6-7-14/h14-16H,2-13H2,1H3,(H2,19,20,24)/t16-/m1/s1. The highest BCUT2D eigenvalue weighted by atomic mass is 16.2. The molecule has 0 aromatic carbocycles. The fourth-order valence-electron chi connectivity index (χ4n) is 3.99. The third-order valence-electron chi connectivity index (χ3n) is 5.72. The van der Waals surface area contributed by atoms with Gasteiger partial charge in [0, 0.05) is 37.6 Å². The van der Waals surface area contributed by atoms with Crippen molar-refractivity contribution in [2.24, 2.45) is 5.92 Å². The lowest BCUT2D eigenvalue weighted by atomic mass is 10.0. The largest absolute Gasteiger partial charge is 0.342 e. The molecule has 0 radical (unpaired) electrons. The molecule has 2 N–H and O–H groups in total. The minimum atomic E-state index is -0.0522. The molecule has 6 nitrogen and oxygen atoms in total. The third-order valence-corrected chi connectivity index (χ3v) is 5.72. The molecule has 1 aliphatic carbocycles. The van der Waals surface area contributed by atoms with Gasteiger partial charge in [-0.15, -0.1) is 0 Å². The normalized spacial score (nSPS) is 26.2. The van der Waals surface area contributed by atoms with Gasteiger partial charge in [-0.05, 0) is 51.6 Å². The first kappa shape index (κ1) is 17.5. The maximum absolute atomic E-state index is 12.2. The van der Waals surface area contributed by atoms with E-state index in [4.69, 9.17) is 0 Å². The molecular formula is C18H32N4O2. The molecule has 0 aromatic heterocycles. The Kier molecular flexibility index (Phi) is 5.98. The van der Waals surface area contributed by atoms with E-state index >= 15 is 0 Å². The lowest BCUT2D eigenvalue weighted by Crippen LogP contribution is -2.52. The van der Waals surface area contributed by atoms with Crippen molar-refractivity contribution in [3.8, 4) is 0 Å². The van der Waals surface area contributed by atoms with Gasteiger partial charge in [-0.2, -0.15) is 0 Å². The Morgan fingerprint density at radius 3 is 2.42 bits per heavy atom. The number of carbonyl (C=O) groups is 2. The van der Waals surface area contributed by atoms with Crippen LogP contribution < -0.4 is 10.6 Å². The molecule has 0 bridgehead atoms. The summed E-state index contributed by atoms with van der Waals surface area (Å²) >= 11 is 0. The van der Waals surface area contributed by atoms with Gasteiger partial charge in [0.05, 0.1) is 0 Å². The van der Waals surface area contributed by atoms with Crippen LogP contribution in [0.2, 0.25) is 0 Å². The van der Waals surface area contributed by atoms with E-state index in [1.54, 1.807) is 0 Å². The lowest BCUT2D eigenvalue weighted by molar-refractivity contribution is -0.133. The van der Waals surface area contributed by atoms with Crippen molar-refractivity contribution in [2.45, 2.75) is 64.0 Å². The van der Waals surface area contributed by atoms with Crippen molar-refractivity contribution in [3.05, 3.63) is 0 Å². The summed E-state index contributed by atoms with van der Waals surface area (Å²) in [5.74, 6) is 0.629. The average molecular weight is 336 g/mol. The van der Waals surface area contributed by atoms with Crippen LogP contribution in [0.25, 0.3) is 0 Å². The Hall–Kier alpha value is -1.30. The number of hydrogen-bond acceptors (Lipinski definition) is 3. The van der Waals surface area contributed by atoms with E-state index in [1.165, 1.54) is 19.3 Å². The summed E-state index contributed by atoms with van der Waals surface area (Å²) in [5, 5.41) is 6.14. The van der Waals surface area contributed by atoms with Crippen LogP contribution in [0.15, 0.2) is 0 Å². The van der Waals surface area contributed by atoms with Crippen molar-refractivity contribution < 1.29 is 9.59 Å². The van der Waals surface area contributed by atoms with Crippen LogP contribution in [0.3, 0.4) is 0 Å². The average Bonchev–Trinajstić information content (AvgIpc) is 3.45. The predicted molar refractivity (Wildman–Crippen MR) is 93.7 cm³/mol. The third kappa shape index (κ3) is 4.62. The highest BCUT2D eigenvalue weighted by Gasteiger charge is 2.35. The second-order valence-corrected chi connectivity index (χ2v) is 7.51. The SMILES string of the molecule is CCN1CCCC[C@@H]1CNC(=O)NC1CCN(C(=O)C2CC2)CC1. The van der Waals surface area contributed by atoms with Gasteiger partial charge in [0.1, 0.15) is 0 Å². The van der Waals surface area contributed by atoms with Crippen molar-refractivity contribution in [1.82, 2.24) is 20.4 Å². The lowest BCUT2D eigenvalue weighted by Gasteiger charge is -2.35. The van der Waals surface area contributed by atoms with Crippen molar-refractivity contribution in [1.29, 1.82) is 0 Å². The summed E-state index contributed by atoms with van der Waals surface area (Å²) < 4.78 is 0. The summed E-state index contributed by atoms with van der Waals surface area (Å²) in [7, 11) is 0. The number of rotatable bonds is 5. The molecule has 3 fully saturated rings. The summed E-state index contributed by atoms with van der Waals surface area (Å²) in [6.45, 7) is 6.70. The van der Waals surface area contributed by atoms with Gasteiger partial charge in [-0.25, -0.2) is 4.79 Å². The van der Waals surface area contributed by atoms with E-state index in [9.17, 15) is 9.59 Å². The van der Waals surface area contributed by atoms with E-state index in [-0.39, 0.29) is 12.1 Å². The Bertz CT molecular complexity index is 444. The maximum Gasteiger partial charge on any atom is 0.315 e. The highest BCUT2D eigenvalue weighted by molar-refractivity contribution is 5.81. The summed E-state index contributed by atoms with van der Waals surface area (Å²) in [5.41, 5.74) is 0. The van der Waals surface area contributed by atoms with Crippen molar-refractivity contribution in [2.75, 3.05) is 32.7 Å². The van der Waals surface area contributed by atoms with Crippen LogP contribution in [0.5, 0.6) is 0 Å². The summed E-state index contributed by atoms with van der Waals surface area (Å²) in [6.07, 6.45) is 7.58. The van der Waals surface area contributed by atoms with Crippen molar-refractivity contribution >= 4 is 11.9 Å². The number of hydrogen-bond donors (Lipinski definition) is 2. The first-order valence-electron chi connectivity index (χ1n) is 9.74. The molecule has 0 aromatic rings. The number of amides is 3. The molecule has 3 amide bonds. The van der Waals surface area contributed by atoms with E-state index in [0.717, 1.165) is 58.4 Å². The van der Waals surface area contributed by atoms with Crippen molar-refractivity contribution in [3.63, 3.8) is 0 Å². The second kappa shape index (κ2) is 8.19. The molecule has 0 spiro atoms. The molecule has 136 valence electrons. The predicted octanol–water partition coefficient (Wildman–Crippen LogP) is 1.56. The van der Waals surface area contributed by atoms with Crippen LogP contribution in [-0.2, 0) is 4.79 Å². The Balaban J connectivity index is 1.34. The molecule has 0 unspecified atom stereocenters. The summed E-state index contributed by atoms with van der Waals surface area (Å²) in [6, 6.07) is 0.623. The molecule has 2 saturated heterocycles. The molecule has 3 aliphatic rings. The number of nitrogens with one attached hydrogen (secondary N) is 2. The molecule has 1 saturated carbocycles. The highest BCUT2D eigenvalue weighted by Crippen LogP contribution is 2.31. The molecule has 3 rings (SSSR count). The fourth-order valence-corrected chi connectivity index (χ4v) is 3.99. The van der Waals surface area contributed by atoms with Crippen LogP contribution in [0.4, 0.5) is 4.79 Å². The molecule has 24 heavy (non-hydrogen) atoms. The van der Waals surface area contributed by atoms with Gasteiger partial charge in [-0.1, -0.05) is 13.3 Å². The van der Waals surface area contributed by atoms with Crippen LogP contribution in [-0.4, -0.2) is 66.5 Å². The van der Waals surface area contributed by atoms with E-state index in [1.807, 2.05) is 4.90 Å². The number of likely N-dealkylation sites (N-methyl/N-ethyl adjacent to an activating group) is 1. The fraction of sp³-hybridized carbons (Fsp3) is 0.889. The maximum atomic E-state index is 12.2. The summed E-state index contributed by atoms with van der Waals surface area (Å²) in [4.78, 5) is 28.7. The van der Waals surface area contributed by atoms with E-state index < -0.39 is 0 Å². The molecular weight excluding hydrogens is 304 g/mol. The zero-order valence-electron chi connectivity index (χ0n) is 14.9. The van der Waals surface area contributed by atoms with Crippen LogP contribution in [0.1, 0.15) is 51.9 Å². The van der Waals surface area contributed by atoms with Gasteiger partial charge in [0.25, 0.3) is 0 Å². The first-order valence-corrected chi connectivity index (χ1v) is 9.74. The van der Waals surface area contributed by atoms with Crippen LogP contribution >= 0.6 is 0 Å². The van der Waals surface area contributed by atoms with Gasteiger partial charge < -0.3 is 15.5 Å². The van der Waals surface area contributed by atoms with Gasteiger partial charge in [0.15, 0.2) is 0 Å². The zero-order valence-corrected chi connectivity index (χ0v) is 14.9. The minimum Gasteiger partial charge on any atom is -0.342 e. The monoisotopic (exact) mass is 336 g/mol. The molecule has 1 atom stereocenters. The van der Waals surface area contributed by atoms with Gasteiger partial charge in [0.2, 0.25) is 5.91 Å². The van der Waals surface area contributed by atoms with Gasteiger partial charge >= 0.3 is 6.03 Å². The van der Waals surface area contributed by atoms with Gasteiger partial charge in [-0.3, -0.25) is 9.69 Å². The molecule has 2 heterocycles. The molecule has 6 heteroatoms. The zero-order chi connectivity index (χ0) is 16.9. The minimum absolute atomic E-state index is 0.0522. The number of carbonyl (C=O) groups excluding carboxylic acids is 2. The number of likely N-dealkylation sites (tertiary alicyclic amines) is 2. The second-order valence-electron chi connectivity index (χ2n) is 7.51. The number of urea groups is 1. The number of piperidine rings is 2. The van der Waals surface area contributed by atoms with E-state index in [2.05, 4.69) is 22.5 Å². The Labute approximate surface area is 145 Å². The topological polar surface area (TPSA) is 64.7 Å². The first-order chi connectivity index (χ1) is 11.7.